The van der Waals surface area contributed by atoms with Gasteiger partial charge in [0.1, 0.15) is 0 Å². The topological polar surface area (TPSA) is 71.8 Å². The predicted molar refractivity (Wildman–Crippen MR) is 76.2 cm³/mol. The van der Waals surface area contributed by atoms with Gasteiger partial charge in [-0.3, -0.25) is 0 Å². The van der Waals surface area contributed by atoms with Gasteiger partial charge in [0, 0.05) is 18.3 Å². The normalized spacial score (nSPS) is 19.0. The van der Waals surface area contributed by atoms with Crippen LogP contribution in [0.1, 0.15) is 32.4 Å². The number of furan rings is 1. The van der Waals surface area contributed by atoms with Crippen LogP contribution >= 0.6 is 0 Å². The first-order valence-electron chi connectivity index (χ1n) is 6.86. The van der Waals surface area contributed by atoms with Crippen LogP contribution in [0.3, 0.4) is 0 Å². The zero-order chi connectivity index (χ0) is 15.6. The SMILES string of the molecule is CC1=C(C(=O)OCC(C)C)C(c2ccoc2)NC(=O)N1C. The molecule has 0 spiro atoms. The average molecular weight is 292 g/mol. The second-order valence-electron chi connectivity index (χ2n) is 5.49. The quantitative estimate of drug-likeness (QED) is 0.865. The second-order valence-corrected chi connectivity index (χ2v) is 5.49. The molecule has 2 amide bonds. The number of esters is 1. The van der Waals surface area contributed by atoms with E-state index in [0.717, 1.165) is 0 Å². The Bertz CT molecular complexity index is 560. The highest BCUT2D eigenvalue weighted by molar-refractivity contribution is 5.94. The summed E-state index contributed by atoms with van der Waals surface area (Å²) < 4.78 is 10.4. The van der Waals surface area contributed by atoms with Gasteiger partial charge in [-0.15, -0.1) is 0 Å². The Balaban J connectivity index is 2.34. The molecule has 2 heterocycles. The van der Waals surface area contributed by atoms with Crippen molar-refractivity contribution >= 4 is 12.0 Å². The van der Waals surface area contributed by atoms with E-state index < -0.39 is 12.0 Å². The Morgan fingerprint density at radius 3 is 2.81 bits per heavy atom. The lowest BCUT2D eigenvalue weighted by Gasteiger charge is -2.32. The lowest BCUT2D eigenvalue weighted by atomic mass is 9.97. The first-order valence-corrected chi connectivity index (χ1v) is 6.86. The summed E-state index contributed by atoms with van der Waals surface area (Å²) in [4.78, 5) is 25.7. The number of nitrogens with one attached hydrogen (secondary N) is 1. The van der Waals surface area contributed by atoms with Crippen LogP contribution in [-0.4, -0.2) is 30.6 Å². The molecule has 6 heteroatoms. The van der Waals surface area contributed by atoms with Gasteiger partial charge in [-0.25, -0.2) is 9.59 Å². The van der Waals surface area contributed by atoms with E-state index in [9.17, 15) is 9.59 Å². The van der Waals surface area contributed by atoms with Gasteiger partial charge in [0.2, 0.25) is 0 Å². The Morgan fingerprint density at radius 1 is 1.52 bits per heavy atom. The highest BCUT2D eigenvalue weighted by atomic mass is 16.5. The number of urea groups is 1. The summed E-state index contributed by atoms with van der Waals surface area (Å²) in [7, 11) is 1.62. The van der Waals surface area contributed by atoms with E-state index in [0.29, 0.717) is 23.4 Å². The molecule has 6 nitrogen and oxygen atoms in total. The van der Waals surface area contributed by atoms with Gasteiger partial charge in [-0.2, -0.15) is 0 Å². The molecular formula is C15H20N2O4. The molecule has 0 saturated heterocycles. The van der Waals surface area contributed by atoms with Crippen LogP contribution in [-0.2, 0) is 9.53 Å². The molecule has 1 aromatic heterocycles. The lowest BCUT2D eigenvalue weighted by molar-refractivity contribution is -0.140. The second kappa shape index (κ2) is 6.03. The van der Waals surface area contributed by atoms with Crippen molar-refractivity contribution in [3.8, 4) is 0 Å². The molecule has 2 rings (SSSR count). The maximum atomic E-state index is 12.4. The van der Waals surface area contributed by atoms with Crippen LogP contribution in [0.15, 0.2) is 34.3 Å². The third-order valence-corrected chi connectivity index (χ3v) is 3.40. The summed E-state index contributed by atoms with van der Waals surface area (Å²) in [6.45, 7) is 6.01. The summed E-state index contributed by atoms with van der Waals surface area (Å²) >= 11 is 0. The minimum absolute atomic E-state index is 0.248. The maximum Gasteiger partial charge on any atom is 0.338 e. The van der Waals surface area contributed by atoms with Crippen LogP contribution in [0.4, 0.5) is 4.79 Å². The predicted octanol–water partition coefficient (Wildman–Crippen LogP) is 2.45. The van der Waals surface area contributed by atoms with Crippen LogP contribution in [0.5, 0.6) is 0 Å². The number of hydrogen-bond acceptors (Lipinski definition) is 4. The molecule has 1 N–H and O–H groups in total. The molecule has 0 aromatic carbocycles. The van der Waals surface area contributed by atoms with Crippen LogP contribution in [0.25, 0.3) is 0 Å². The standard InChI is InChI=1S/C15H20N2O4/c1-9(2)7-21-14(18)12-10(3)17(4)15(19)16-13(12)11-5-6-20-8-11/h5-6,8-9,13H,7H2,1-4H3,(H,16,19). The Kier molecular flexibility index (Phi) is 4.35. The molecule has 1 atom stereocenters. The molecule has 0 aliphatic carbocycles. The highest BCUT2D eigenvalue weighted by Crippen LogP contribution is 2.30. The number of amides is 2. The average Bonchev–Trinajstić information content (AvgIpc) is 2.95. The summed E-state index contributed by atoms with van der Waals surface area (Å²) in [6.07, 6.45) is 3.02. The summed E-state index contributed by atoms with van der Waals surface area (Å²) in [5.41, 5.74) is 1.73. The van der Waals surface area contributed by atoms with Crippen molar-refractivity contribution in [3.05, 3.63) is 35.4 Å². The first kappa shape index (κ1) is 15.2. The number of rotatable bonds is 4. The van der Waals surface area contributed by atoms with Crippen molar-refractivity contribution in [2.45, 2.75) is 26.8 Å². The molecule has 0 radical (unpaired) electrons. The van der Waals surface area contributed by atoms with Crippen molar-refractivity contribution in [2.75, 3.05) is 13.7 Å². The fourth-order valence-corrected chi connectivity index (χ4v) is 2.11. The third kappa shape index (κ3) is 3.09. The minimum Gasteiger partial charge on any atom is -0.472 e. The largest absolute Gasteiger partial charge is 0.472 e. The molecular weight excluding hydrogens is 272 g/mol. The zero-order valence-corrected chi connectivity index (χ0v) is 12.7. The molecule has 21 heavy (non-hydrogen) atoms. The molecule has 0 fully saturated rings. The molecule has 1 aliphatic heterocycles. The van der Waals surface area contributed by atoms with Crippen LogP contribution in [0.2, 0.25) is 0 Å². The van der Waals surface area contributed by atoms with Gasteiger partial charge in [0.25, 0.3) is 0 Å². The minimum atomic E-state index is -0.549. The van der Waals surface area contributed by atoms with E-state index >= 15 is 0 Å². The molecule has 114 valence electrons. The van der Waals surface area contributed by atoms with Gasteiger partial charge in [0.05, 0.1) is 30.7 Å². The number of nitrogens with zero attached hydrogens (tertiary/aromatic N) is 1. The first-order chi connectivity index (χ1) is 9.91. The molecule has 1 aromatic rings. The fraction of sp³-hybridized carbons (Fsp3) is 0.467. The van der Waals surface area contributed by atoms with Crippen LogP contribution in [0, 0.1) is 5.92 Å². The molecule has 1 unspecified atom stereocenters. The van der Waals surface area contributed by atoms with E-state index in [1.54, 1.807) is 20.0 Å². The number of hydrogen-bond donors (Lipinski definition) is 1. The van der Waals surface area contributed by atoms with Crippen molar-refractivity contribution in [1.82, 2.24) is 10.2 Å². The van der Waals surface area contributed by atoms with E-state index in [1.165, 1.54) is 17.4 Å². The summed E-state index contributed by atoms with van der Waals surface area (Å²) in [5.74, 6) is -0.169. The third-order valence-electron chi connectivity index (χ3n) is 3.40. The van der Waals surface area contributed by atoms with E-state index in [1.807, 2.05) is 13.8 Å². The zero-order valence-electron chi connectivity index (χ0n) is 12.7. The van der Waals surface area contributed by atoms with Crippen molar-refractivity contribution in [2.24, 2.45) is 5.92 Å². The van der Waals surface area contributed by atoms with Gasteiger partial charge in [0.15, 0.2) is 0 Å². The monoisotopic (exact) mass is 292 g/mol. The van der Waals surface area contributed by atoms with E-state index in [-0.39, 0.29) is 11.9 Å². The number of ether oxygens (including phenoxy) is 1. The summed E-state index contributed by atoms with van der Waals surface area (Å²) in [5, 5.41) is 2.79. The van der Waals surface area contributed by atoms with Crippen molar-refractivity contribution < 1.29 is 18.7 Å². The fourth-order valence-electron chi connectivity index (χ4n) is 2.11. The number of carbonyl (C=O) groups is 2. The molecule has 0 bridgehead atoms. The number of carbonyl (C=O) groups excluding carboxylic acids is 2. The number of allylic oxidation sites excluding steroid dienone is 1. The van der Waals surface area contributed by atoms with E-state index in [4.69, 9.17) is 9.15 Å². The van der Waals surface area contributed by atoms with Gasteiger partial charge in [-0.1, -0.05) is 13.8 Å². The Morgan fingerprint density at radius 2 is 2.24 bits per heavy atom. The maximum absolute atomic E-state index is 12.4. The van der Waals surface area contributed by atoms with Gasteiger partial charge >= 0.3 is 12.0 Å². The van der Waals surface area contributed by atoms with Crippen molar-refractivity contribution in [1.29, 1.82) is 0 Å². The highest BCUT2D eigenvalue weighted by Gasteiger charge is 2.35. The van der Waals surface area contributed by atoms with Gasteiger partial charge in [-0.05, 0) is 18.9 Å². The molecule has 1 aliphatic rings. The summed E-state index contributed by atoms with van der Waals surface area (Å²) in [6, 6.07) is 0.908. The van der Waals surface area contributed by atoms with Crippen molar-refractivity contribution in [3.63, 3.8) is 0 Å². The lowest BCUT2D eigenvalue weighted by Crippen LogP contribution is -2.46. The Labute approximate surface area is 123 Å². The van der Waals surface area contributed by atoms with Gasteiger partial charge < -0.3 is 19.4 Å². The smallest absolute Gasteiger partial charge is 0.338 e. The van der Waals surface area contributed by atoms with E-state index in [2.05, 4.69) is 5.32 Å². The van der Waals surface area contributed by atoms with Crippen LogP contribution < -0.4 is 5.32 Å². The molecule has 0 saturated carbocycles. The Hall–Kier alpha value is -2.24.